The molecule has 122 valence electrons. The molecule has 0 bridgehead atoms. The molecule has 0 radical (unpaired) electrons. The van der Waals surface area contributed by atoms with Crippen LogP contribution < -0.4 is 5.43 Å². The zero-order chi connectivity index (χ0) is 17.2. The quantitative estimate of drug-likeness (QED) is 0.879. The fourth-order valence-electron chi connectivity index (χ4n) is 2.69. The minimum Gasteiger partial charge on any atom is -0.481 e. The fraction of sp³-hybridized carbons (Fsp3) is 0.333. The molecule has 1 aromatic carbocycles. The molecule has 0 saturated carbocycles. The molecule has 4 nitrogen and oxygen atoms in total. The SMILES string of the molecule is CCC(CO)(C(=O)O)/C(C)=C/c1c(C)sc2ccccc2c1=O. The van der Waals surface area contributed by atoms with Gasteiger partial charge in [0.25, 0.3) is 0 Å². The van der Waals surface area contributed by atoms with Gasteiger partial charge in [-0.1, -0.05) is 24.6 Å². The van der Waals surface area contributed by atoms with Gasteiger partial charge in [0.1, 0.15) is 5.41 Å². The number of aliphatic hydroxyl groups is 1. The van der Waals surface area contributed by atoms with Gasteiger partial charge in [0, 0.05) is 20.5 Å². The van der Waals surface area contributed by atoms with E-state index in [0.717, 1.165) is 9.58 Å². The Morgan fingerprint density at radius 2 is 2.00 bits per heavy atom. The van der Waals surface area contributed by atoms with Gasteiger partial charge in [-0.15, -0.1) is 11.3 Å². The van der Waals surface area contributed by atoms with Crippen molar-refractivity contribution < 1.29 is 15.0 Å². The maximum atomic E-state index is 12.7. The smallest absolute Gasteiger partial charge is 0.316 e. The van der Waals surface area contributed by atoms with Crippen molar-refractivity contribution >= 4 is 33.5 Å². The molecule has 0 amide bonds. The minimum atomic E-state index is -1.35. The first-order chi connectivity index (χ1) is 10.9. The van der Waals surface area contributed by atoms with Gasteiger partial charge in [-0.2, -0.15) is 0 Å². The second kappa shape index (κ2) is 6.64. The molecule has 0 aliphatic heterocycles. The number of aliphatic carboxylic acids is 1. The Balaban J connectivity index is 2.69. The molecule has 0 spiro atoms. The van der Waals surface area contributed by atoms with E-state index in [1.807, 2.05) is 25.1 Å². The predicted molar refractivity (Wildman–Crippen MR) is 93.9 cm³/mol. The highest BCUT2D eigenvalue weighted by Gasteiger charge is 2.38. The second-order valence-corrected chi connectivity index (χ2v) is 6.88. The summed E-state index contributed by atoms with van der Waals surface area (Å²) in [4.78, 5) is 25.2. The number of carbonyl (C=O) groups is 1. The van der Waals surface area contributed by atoms with Gasteiger partial charge in [0.05, 0.1) is 6.61 Å². The Morgan fingerprint density at radius 3 is 2.57 bits per heavy atom. The molecule has 1 aromatic heterocycles. The molecule has 0 aliphatic rings. The third-order valence-electron chi connectivity index (χ3n) is 4.42. The van der Waals surface area contributed by atoms with Crippen molar-refractivity contribution in [2.75, 3.05) is 6.61 Å². The zero-order valence-corrected chi connectivity index (χ0v) is 14.2. The average Bonchev–Trinajstić information content (AvgIpc) is 2.53. The third-order valence-corrected chi connectivity index (χ3v) is 5.52. The summed E-state index contributed by atoms with van der Waals surface area (Å²) in [6, 6.07) is 7.37. The maximum absolute atomic E-state index is 12.7. The lowest BCUT2D eigenvalue weighted by molar-refractivity contribution is -0.148. The van der Waals surface area contributed by atoms with E-state index >= 15 is 0 Å². The molecular formula is C18H20O4S. The highest BCUT2D eigenvalue weighted by molar-refractivity contribution is 7.18. The van der Waals surface area contributed by atoms with Gasteiger partial charge < -0.3 is 10.2 Å². The molecule has 1 heterocycles. The van der Waals surface area contributed by atoms with Crippen LogP contribution in [0.1, 0.15) is 30.7 Å². The maximum Gasteiger partial charge on any atom is 0.316 e. The second-order valence-electron chi connectivity index (χ2n) is 5.62. The summed E-state index contributed by atoms with van der Waals surface area (Å²) in [6.45, 7) is 4.73. The van der Waals surface area contributed by atoms with Crippen LogP contribution in [0.3, 0.4) is 0 Å². The van der Waals surface area contributed by atoms with Crippen LogP contribution in [0, 0.1) is 12.3 Å². The van der Waals surface area contributed by atoms with Crippen LogP contribution in [0.4, 0.5) is 0 Å². The van der Waals surface area contributed by atoms with Crippen molar-refractivity contribution in [3.8, 4) is 0 Å². The van der Waals surface area contributed by atoms with Crippen molar-refractivity contribution in [2.45, 2.75) is 27.2 Å². The summed E-state index contributed by atoms with van der Waals surface area (Å²) >= 11 is 1.50. The lowest BCUT2D eigenvalue weighted by atomic mass is 9.78. The van der Waals surface area contributed by atoms with E-state index < -0.39 is 18.0 Å². The predicted octanol–water partition coefficient (Wildman–Crippen LogP) is 3.45. The van der Waals surface area contributed by atoms with Crippen LogP contribution >= 0.6 is 11.3 Å². The van der Waals surface area contributed by atoms with Crippen LogP contribution in [0.2, 0.25) is 0 Å². The van der Waals surface area contributed by atoms with Gasteiger partial charge in [0.15, 0.2) is 5.43 Å². The van der Waals surface area contributed by atoms with Gasteiger partial charge in [-0.25, -0.2) is 0 Å². The Morgan fingerprint density at radius 1 is 1.35 bits per heavy atom. The first-order valence-corrected chi connectivity index (χ1v) is 8.24. The summed E-state index contributed by atoms with van der Waals surface area (Å²) in [6.07, 6.45) is 1.87. The Bertz CT molecular complexity index is 829. The number of aryl methyl sites for hydroxylation is 1. The van der Waals surface area contributed by atoms with Crippen LogP contribution in [0.5, 0.6) is 0 Å². The minimum absolute atomic E-state index is 0.107. The van der Waals surface area contributed by atoms with Crippen LogP contribution in [-0.4, -0.2) is 22.8 Å². The number of hydrogen-bond donors (Lipinski definition) is 2. The summed E-state index contributed by atoms with van der Waals surface area (Å²) in [7, 11) is 0. The number of benzene rings is 1. The van der Waals surface area contributed by atoms with Crippen molar-refractivity contribution in [3.63, 3.8) is 0 Å². The number of fused-ring (bicyclic) bond motifs is 1. The third kappa shape index (κ3) is 2.94. The molecule has 1 unspecified atom stereocenters. The van der Waals surface area contributed by atoms with Gasteiger partial charge in [-0.05, 0) is 38.5 Å². The molecular weight excluding hydrogens is 312 g/mol. The Labute approximate surface area is 138 Å². The monoisotopic (exact) mass is 332 g/mol. The van der Waals surface area contributed by atoms with Crippen molar-refractivity contribution in [3.05, 3.63) is 50.5 Å². The number of rotatable bonds is 5. The van der Waals surface area contributed by atoms with Crippen molar-refractivity contribution in [2.24, 2.45) is 5.41 Å². The van der Waals surface area contributed by atoms with Gasteiger partial charge in [0.2, 0.25) is 0 Å². The molecule has 0 fully saturated rings. The molecule has 5 heteroatoms. The van der Waals surface area contributed by atoms with E-state index in [9.17, 15) is 19.8 Å². The number of carboxylic acid groups (broad SMARTS) is 1. The molecule has 23 heavy (non-hydrogen) atoms. The van der Waals surface area contributed by atoms with Crippen molar-refractivity contribution in [1.29, 1.82) is 0 Å². The fourth-order valence-corrected chi connectivity index (χ4v) is 3.70. The summed E-state index contributed by atoms with van der Waals surface area (Å²) in [5, 5.41) is 19.7. The average molecular weight is 332 g/mol. The molecule has 2 N–H and O–H groups in total. The lowest BCUT2D eigenvalue weighted by Crippen LogP contribution is -2.35. The number of carboxylic acids is 1. The normalized spacial score (nSPS) is 14.7. The van der Waals surface area contributed by atoms with Gasteiger partial charge >= 0.3 is 5.97 Å². The Kier molecular flexibility index (Phi) is 5.02. The zero-order valence-electron chi connectivity index (χ0n) is 13.4. The van der Waals surface area contributed by atoms with E-state index in [2.05, 4.69) is 0 Å². The molecule has 0 saturated heterocycles. The molecule has 2 rings (SSSR count). The van der Waals surface area contributed by atoms with E-state index in [-0.39, 0.29) is 11.8 Å². The summed E-state index contributed by atoms with van der Waals surface area (Å²) < 4.78 is 0.909. The highest BCUT2D eigenvalue weighted by atomic mass is 32.1. The topological polar surface area (TPSA) is 74.6 Å². The Hall–Kier alpha value is -1.98. The van der Waals surface area contributed by atoms with Crippen molar-refractivity contribution in [1.82, 2.24) is 0 Å². The largest absolute Gasteiger partial charge is 0.481 e. The van der Waals surface area contributed by atoms with E-state index in [1.165, 1.54) is 11.3 Å². The van der Waals surface area contributed by atoms with E-state index in [0.29, 0.717) is 16.5 Å². The molecule has 0 aliphatic carbocycles. The van der Waals surface area contributed by atoms with E-state index in [1.54, 1.807) is 26.0 Å². The summed E-state index contributed by atoms with van der Waals surface area (Å²) in [5.74, 6) is -1.08. The standard InChI is InChI=1S/C18H20O4S/c1-4-18(10-19,17(21)22)11(2)9-14-12(3)23-15-8-6-5-7-13(15)16(14)20/h5-9,19H,4,10H2,1-3H3,(H,21,22)/b11-9+. The number of aliphatic hydroxyl groups excluding tert-OH is 1. The first kappa shape index (κ1) is 17.4. The van der Waals surface area contributed by atoms with E-state index in [4.69, 9.17) is 0 Å². The highest BCUT2D eigenvalue weighted by Crippen LogP contribution is 2.33. The lowest BCUT2D eigenvalue weighted by Gasteiger charge is -2.27. The van der Waals surface area contributed by atoms with Gasteiger partial charge in [-0.3, -0.25) is 9.59 Å². The first-order valence-electron chi connectivity index (χ1n) is 7.43. The summed E-state index contributed by atoms with van der Waals surface area (Å²) in [5.41, 5.74) is -0.476. The van der Waals surface area contributed by atoms with Crippen LogP contribution in [0.25, 0.3) is 16.2 Å². The van der Waals surface area contributed by atoms with Crippen LogP contribution in [0.15, 0.2) is 34.6 Å². The number of hydrogen-bond acceptors (Lipinski definition) is 4. The van der Waals surface area contributed by atoms with Crippen LogP contribution in [-0.2, 0) is 4.79 Å². The molecule has 1 atom stereocenters. The molecule has 2 aromatic rings.